The van der Waals surface area contributed by atoms with Crippen LogP contribution in [0.4, 0.5) is 0 Å². The first-order chi connectivity index (χ1) is 14.4. The van der Waals surface area contributed by atoms with Gasteiger partial charge in [0.1, 0.15) is 16.8 Å². The van der Waals surface area contributed by atoms with Crippen molar-refractivity contribution in [2.24, 2.45) is 0 Å². The Balaban J connectivity index is 1.57. The van der Waals surface area contributed by atoms with E-state index in [1.807, 2.05) is 22.9 Å². The van der Waals surface area contributed by atoms with E-state index in [4.69, 9.17) is 0 Å². The van der Waals surface area contributed by atoms with Gasteiger partial charge in [0, 0.05) is 48.2 Å². The molecule has 1 atom stereocenters. The van der Waals surface area contributed by atoms with Crippen molar-refractivity contribution in [3.05, 3.63) is 48.4 Å². The van der Waals surface area contributed by atoms with E-state index < -0.39 is 10.0 Å². The predicted octanol–water partition coefficient (Wildman–Crippen LogP) is 3.31. The van der Waals surface area contributed by atoms with Gasteiger partial charge in [-0.1, -0.05) is 13.8 Å². The summed E-state index contributed by atoms with van der Waals surface area (Å²) >= 11 is 1.60. The largest absolute Gasteiger partial charge is 0.325 e. The second-order valence-electron chi connectivity index (χ2n) is 7.63. The summed E-state index contributed by atoms with van der Waals surface area (Å²) in [5.74, 6) is 0.0584. The molecule has 0 saturated carbocycles. The molecule has 0 radical (unpaired) electrons. The molecule has 30 heavy (non-hydrogen) atoms. The molecule has 0 spiro atoms. The lowest BCUT2D eigenvalue weighted by Gasteiger charge is -2.16. The van der Waals surface area contributed by atoms with E-state index in [0.717, 1.165) is 34.3 Å². The maximum atomic E-state index is 13.1. The number of rotatable bonds is 7. The Labute approximate surface area is 180 Å². The van der Waals surface area contributed by atoms with Gasteiger partial charge in [-0.25, -0.2) is 18.4 Å². The van der Waals surface area contributed by atoms with Crippen molar-refractivity contribution in [2.75, 3.05) is 13.1 Å². The molecule has 0 N–H and O–H groups in total. The fourth-order valence-electron chi connectivity index (χ4n) is 3.87. The summed E-state index contributed by atoms with van der Waals surface area (Å²) < 4.78 is 29.6. The average Bonchev–Trinajstić information content (AvgIpc) is 3.34. The zero-order chi connectivity index (χ0) is 21.3. The summed E-state index contributed by atoms with van der Waals surface area (Å²) in [4.78, 5) is 20.0. The molecule has 3 aromatic rings. The van der Waals surface area contributed by atoms with Crippen LogP contribution in [0.25, 0.3) is 11.0 Å². The van der Waals surface area contributed by atoms with Crippen LogP contribution >= 0.6 is 11.8 Å². The monoisotopic (exact) mass is 444 g/mol. The van der Waals surface area contributed by atoms with Gasteiger partial charge in [0.2, 0.25) is 10.0 Å². The number of fused-ring (bicyclic) bond motifs is 1. The highest BCUT2D eigenvalue weighted by Crippen LogP contribution is 2.35. The molecular formula is C21H24N4O3S2. The number of sulfonamides is 1. The van der Waals surface area contributed by atoms with Gasteiger partial charge in [-0.2, -0.15) is 4.31 Å². The van der Waals surface area contributed by atoms with Gasteiger partial charge in [-0.3, -0.25) is 0 Å². The fourth-order valence-corrected chi connectivity index (χ4v) is 6.06. The molecule has 1 unspecified atom stereocenters. The van der Waals surface area contributed by atoms with Crippen molar-refractivity contribution < 1.29 is 13.2 Å². The Morgan fingerprint density at radius 1 is 1.27 bits per heavy atom. The fraction of sp³-hybridized carbons (Fsp3) is 0.381. The van der Waals surface area contributed by atoms with E-state index in [0.29, 0.717) is 18.3 Å². The Hall–Kier alpha value is -2.23. The Kier molecular flexibility index (Phi) is 5.95. The Morgan fingerprint density at radius 2 is 2.10 bits per heavy atom. The van der Waals surface area contributed by atoms with Crippen LogP contribution in [0.3, 0.4) is 0 Å². The summed E-state index contributed by atoms with van der Waals surface area (Å²) in [7, 11) is -3.60. The van der Waals surface area contributed by atoms with Crippen molar-refractivity contribution in [3.63, 3.8) is 0 Å². The number of hydrogen-bond donors (Lipinski definition) is 0. The van der Waals surface area contributed by atoms with E-state index in [9.17, 15) is 13.2 Å². The SMILES string of the molecule is CC(C)Sc1ccc(S(=O)(=O)N2CCC(c3cn(CC=O)c4ncccc34)C2)cn1. The van der Waals surface area contributed by atoms with Crippen molar-refractivity contribution in [2.45, 2.75) is 47.9 Å². The molecule has 4 heterocycles. The smallest absolute Gasteiger partial charge is 0.244 e. The number of hydrogen-bond acceptors (Lipinski definition) is 6. The number of pyridine rings is 2. The van der Waals surface area contributed by atoms with E-state index in [1.165, 1.54) is 10.5 Å². The highest BCUT2D eigenvalue weighted by molar-refractivity contribution is 7.99. The number of carbonyl (C=O) groups is 1. The Morgan fingerprint density at radius 3 is 2.80 bits per heavy atom. The van der Waals surface area contributed by atoms with Gasteiger partial charge < -0.3 is 9.36 Å². The van der Waals surface area contributed by atoms with Crippen LogP contribution < -0.4 is 0 Å². The number of nitrogens with zero attached hydrogens (tertiary/aromatic N) is 4. The van der Waals surface area contributed by atoms with Gasteiger partial charge in [0.05, 0.1) is 11.6 Å². The first-order valence-electron chi connectivity index (χ1n) is 9.90. The predicted molar refractivity (Wildman–Crippen MR) is 117 cm³/mol. The molecule has 1 aliphatic heterocycles. The first-order valence-corrected chi connectivity index (χ1v) is 12.2. The minimum atomic E-state index is -3.60. The van der Waals surface area contributed by atoms with Crippen molar-refractivity contribution in [1.29, 1.82) is 0 Å². The molecule has 3 aromatic heterocycles. The maximum absolute atomic E-state index is 13.1. The average molecular weight is 445 g/mol. The van der Waals surface area contributed by atoms with Gasteiger partial charge >= 0.3 is 0 Å². The van der Waals surface area contributed by atoms with E-state index in [1.54, 1.807) is 30.1 Å². The summed E-state index contributed by atoms with van der Waals surface area (Å²) in [6, 6.07) is 7.25. The molecule has 7 nitrogen and oxygen atoms in total. The molecule has 0 aromatic carbocycles. The van der Waals surface area contributed by atoms with Crippen LogP contribution in [-0.2, 0) is 21.4 Å². The molecule has 0 amide bonds. The lowest BCUT2D eigenvalue weighted by molar-refractivity contribution is -0.108. The molecule has 0 bridgehead atoms. The van der Waals surface area contributed by atoms with Crippen molar-refractivity contribution >= 4 is 39.1 Å². The third-order valence-electron chi connectivity index (χ3n) is 5.23. The van der Waals surface area contributed by atoms with Crippen LogP contribution in [0.2, 0.25) is 0 Å². The first kappa shape index (κ1) is 21.0. The van der Waals surface area contributed by atoms with Crippen LogP contribution in [0.5, 0.6) is 0 Å². The van der Waals surface area contributed by atoms with Crippen molar-refractivity contribution in [1.82, 2.24) is 18.8 Å². The summed E-state index contributed by atoms with van der Waals surface area (Å²) in [6.45, 7) is 5.23. The zero-order valence-electron chi connectivity index (χ0n) is 16.9. The molecule has 158 valence electrons. The number of thioether (sulfide) groups is 1. The molecule has 1 fully saturated rings. The van der Waals surface area contributed by atoms with Gasteiger partial charge in [0.15, 0.2) is 0 Å². The van der Waals surface area contributed by atoms with Crippen LogP contribution in [-0.4, -0.2) is 51.9 Å². The van der Waals surface area contributed by atoms with Gasteiger partial charge in [-0.15, -0.1) is 11.8 Å². The quantitative estimate of drug-likeness (QED) is 0.411. The van der Waals surface area contributed by atoms with E-state index >= 15 is 0 Å². The second-order valence-corrected chi connectivity index (χ2v) is 11.2. The summed E-state index contributed by atoms with van der Waals surface area (Å²) in [6.07, 6.45) is 6.66. The maximum Gasteiger partial charge on any atom is 0.244 e. The minimum Gasteiger partial charge on any atom is -0.325 e. The zero-order valence-corrected chi connectivity index (χ0v) is 18.6. The van der Waals surface area contributed by atoms with Crippen molar-refractivity contribution in [3.8, 4) is 0 Å². The third-order valence-corrected chi connectivity index (χ3v) is 8.03. The molecular weight excluding hydrogens is 420 g/mol. The Bertz CT molecular complexity index is 1160. The standard InChI is InChI=1S/C21H24N4O3S2/c1-15(2)29-20-6-5-17(12-23-20)30(27,28)25-9-7-16(13-25)19-14-24(10-11-26)21-18(19)4-3-8-22-21/h3-6,8,11-12,14-16H,7,9-10,13H2,1-2H3. The molecule has 9 heteroatoms. The topological polar surface area (TPSA) is 85.2 Å². The van der Waals surface area contributed by atoms with Crippen LogP contribution in [0.1, 0.15) is 31.7 Å². The summed E-state index contributed by atoms with van der Waals surface area (Å²) in [5, 5.41) is 2.18. The molecule has 4 rings (SSSR count). The number of carbonyl (C=O) groups excluding carboxylic acids is 1. The van der Waals surface area contributed by atoms with E-state index in [2.05, 4.69) is 23.8 Å². The molecule has 0 aliphatic carbocycles. The highest BCUT2D eigenvalue weighted by Gasteiger charge is 2.34. The highest BCUT2D eigenvalue weighted by atomic mass is 32.2. The lowest BCUT2D eigenvalue weighted by atomic mass is 9.99. The lowest BCUT2D eigenvalue weighted by Crippen LogP contribution is -2.28. The molecule has 1 saturated heterocycles. The van der Waals surface area contributed by atoms with Crippen LogP contribution in [0.15, 0.2) is 52.8 Å². The second kappa shape index (κ2) is 8.49. The summed E-state index contributed by atoms with van der Waals surface area (Å²) in [5.41, 5.74) is 1.79. The number of aldehydes is 1. The third kappa shape index (κ3) is 4.01. The van der Waals surface area contributed by atoms with Crippen LogP contribution in [0, 0.1) is 0 Å². The van der Waals surface area contributed by atoms with E-state index in [-0.39, 0.29) is 17.4 Å². The number of aromatic nitrogens is 3. The van der Waals surface area contributed by atoms with Gasteiger partial charge in [0.25, 0.3) is 0 Å². The minimum absolute atomic E-state index is 0.0584. The van der Waals surface area contributed by atoms with Gasteiger partial charge in [-0.05, 0) is 36.2 Å². The normalized spacial score (nSPS) is 17.8. The molecule has 1 aliphatic rings.